The molecule has 4 rings (SSSR count). The Bertz CT molecular complexity index is 977. The van der Waals surface area contributed by atoms with Crippen LogP contribution >= 0.6 is 0 Å². The molecule has 0 spiro atoms. The number of rotatable bonds is 12. The third-order valence-electron chi connectivity index (χ3n) is 8.40. The van der Waals surface area contributed by atoms with Crippen LogP contribution in [0.2, 0.25) is 13.3 Å². The summed E-state index contributed by atoms with van der Waals surface area (Å²) in [6, 6.07) is 0.286. The zero-order valence-electron chi connectivity index (χ0n) is 22.4. The van der Waals surface area contributed by atoms with Crippen LogP contribution in [0.15, 0.2) is 0 Å². The van der Waals surface area contributed by atoms with Crippen LogP contribution in [-0.4, -0.2) is 74.9 Å². The van der Waals surface area contributed by atoms with E-state index in [1.54, 1.807) is 0 Å². The summed E-state index contributed by atoms with van der Waals surface area (Å²) < 4.78 is 42.2. The molecule has 1 aromatic heterocycles. The van der Waals surface area contributed by atoms with Crippen molar-refractivity contribution in [3.8, 4) is 5.75 Å². The Kier molecular flexibility index (Phi) is 8.63. The third-order valence-corrected chi connectivity index (χ3v) is 25.0. The Hall–Kier alpha value is -0.611. The van der Waals surface area contributed by atoms with E-state index in [-0.39, 0.29) is 12.1 Å². The summed E-state index contributed by atoms with van der Waals surface area (Å²) in [7, 11) is -3.32. The van der Waals surface area contributed by atoms with Gasteiger partial charge in [0.05, 0.1) is 0 Å². The molecule has 1 saturated carbocycles. The second kappa shape index (κ2) is 11.0. The number of hydrogen-bond donors (Lipinski definition) is 0. The maximum absolute atomic E-state index is 13.1. The number of nitrogens with zero attached hydrogens (tertiary/aromatic N) is 3. The zero-order chi connectivity index (χ0) is 25.3. The quantitative estimate of drug-likeness (QED) is 0.320. The van der Waals surface area contributed by atoms with Crippen LogP contribution in [0, 0.1) is 0 Å². The molecule has 2 aliphatic heterocycles. The maximum atomic E-state index is 13.1. The minimum absolute atomic E-state index is 0.113. The van der Waals surface area contributed by atoms with Gasteiger partial charge in [-0.1, -0.05) is 0 Å². The monoisotopic (exact) mass is 615 g/mol. The van der Waals surface area contributed by atoms with Crippen LogP contribution in [0.4, 0.5) is 5.82 Å². The van der Waals surface area contributed by atoms with Crippen molar-refractivity contribution in [2.45, 2.75) is 109 Å². The van der Waals surface area contributed by atoms with Gasteiger partial charge in [-0.05, 0) is 0 Å². The average molecular weight is 614 g/mol. The molecule has 0 radical (unpaired) electrons. The van der Waals surface area contributed by atoms with Crippen molar-refractivity contribution in [1.29, 1.82) is 0 Å². The van der Waals surface area contributed by atoms with Gasteiger partial charge in [-0.2, -0.15) is 0 Å². The van der Waals surface area contributed by atoms with E-state index in [4.69, 9.17) is 19.4 Å². The molecule has 0 N–H and O–H groups in total. The van der Waals surface area contributed by atoms with Crippen LogP contribution in [0.25, 0.3) is 0 Å². The van der Waals surface area contributed by atoms with Crippen molar-refractivity contribution < 1.29 is 17.9 Å². The number of ether oxygens (including phenoxy) is 2. The van der Waals surface area contributed by atoms with E-state index in [0.717, 1.165) is 9.66 Å². The molecule has 0 amide bonds. The number of morpholine rings is 1. The summed E-state index contributed by atoms with van der Waals surface area (Å²) in [4.78, 5) is 13.1. The zero-order valence-corrected chi connectivity index (χ0v) is 26.1. The molecule has 0 bridgehead atoms. The first-order chi connectivity index (χ1) is 16.7. The van der Waals surface area contributed by atoms with E-state index in [1.807, 2.05) is 0 Å². The van der Waals surface area contributed by atoms with Crippen molar-refractivity contribution in [1.82, 2.24) is 9.97 Å². The molecule has 0 unspecified atom stereocenters. The first-order valence-corrected chi connectivity index (χ1v) is 23.2. The molecular formula is C26H45N3O4SSn. The summed E-state index contributed by atoms with van der Waals surface area (Å²) in [6.07, 6.45) is 9.79. The van der Waals surface area contributed by atoms with Crippen LogP contribution in [0.5, 0.6) is 5.75 Å². The molecule has 1 aromatic rings. The summed E-state index contributed by atoms with van der Waals surface area (Å²) in [5.41, 5.74) is 0.669. The SMILES string of the molecule is CCC[CH2][Sn]([CH2]CCC)([CH2]CCC)[c]1nc2c(c(C3(S(C)(=O)=O)CC3)n1)OC[C@@H]1COC[C@@H](C)N21. The number of aromatic nitrogens is 2. The Labute approximate surface area is 216 Å². The third kappa shape index (κ3) is 5.22. The molecule has 198 valence electrons. The van der Waals surface area contributed by atoms with Crippen molar-refractivity contribution in [2.24, 2.45) is 0 Å². The van der Waals surface area contributed by atoms with E-state index >= 15 is 0 Å². The molecule has 1 aliphatic carbocycles. The molecule has 3 aliphatic rings. The minimum atomic E-state index is -3.32. The predicted octanol–water partition coefficient (Wildman–Crippen LogP) is 4.55. The first-order valence-electron chi connectivity index (χ1n) is 13.8. The number of hydrogen-bond acceptors (Lipinski definition) is 7. The van der Waals surface area contributed by atoms with E-state index in [2.05, 4.69) is 32.6 Å². The second-order valence-electron chi connectivity index (χ2n) is 11.2. The van der Waals surface area contributed by atoms with Gasteiger partial charge in [-0.25, -0.2) is 0 Å². The molecule has 3 heterocycles. The van der Waals surface area contributed by atoms with Gasteiger partial charge in [0.25, 0.3) is 0 Å². The van der Waals surface area contributed by atoms with Gasteiger partial charge in [0.2, 0.25) is 0 Å². The fraction of sp³-hybridized carbons (Fsp3) is 0.846. The molecule has 2 atom stereocenters. The van der Waals surface area contributed by atoms with E-state index in [1.165, 1.54) is 58.1 Å². The molecule has 2 fully saturated rings. The number of anilines is 1. The Balaban J connectivity index is 1.94. The van der Waals surface area contributed by atoms with E-state index in [9.17, 15) is 8.42 Å². The van der Waals surface area contributed by atoms with E-state index < -0.39 is 33.0 Å². The first kappa shape index (κ1) is 27.4. The fourth-order valence-corrected chi connectivity index (χ4v) is 22.2. The van der Waals surface area contributed by atoms with Gasteiger partial charge in [0.15, 0.2) is 0 Å². The van der Waals surface area contributed by atoms with Gasteiger partial charge < -0.3 is 0 Å². The average Bonchev–Trinajstić information content (AvgIpc) is 3.65. The molecule has 35 heavy (non-hydrogen) atoms. The molecule has 1 saturated heterocycles. The van der Waals surface area contributed by atoms with Gasteiger partial charge in [0.1, 0.15) is 0 Å². The number of fused-ring (bicyclic) bond motifs is 3. The van der Waals surface area contributed by atoms with Crippen molar-refractivity contribution >= 4 is 37.9 Å². The van der Waals surface area contributed by atoms with Gasteiger partial charge in [-0.3, -0.25) is 0 Å². The normalized spacial score (nSPS) is 23.4. The van der Waals surface area contributed by atoms with Crippen LogP contribution in [0.1, 0.15) is 84.8 Å². The predicted molar refractivity (Wildman–Crippen MR) is 144 cm³/mol. The van der Waals surface area contributed by atoms with Crippen molar-refractivity contribution in [3.63, 3.8) is 0 Å². The summed E-state index contributed by atoms with van der Waals surface area (Å²) in [6.45, 7) is 10.7. The molecular weight excluding hydrogens is 569 g/mol. The van der Waals surface area contributed by atoms with Gasteiger partial charge >= 0.3 is 217 Å². The van der Waals surface area contributed by atoms with Gasteiger partial charge in [0, 0.05) is 0 Å². The molecule has 7 nitrogen and oxygen atoms in total. The fourth-order valence-electron chi connectivity index (χ4n) is 6.03. The van der Waals surface area contributed by atoms with Crippen LogP contribution in [0.3, 0.4) is 0 Å². The summed E-state index contributed by atoms with van der Waals surface area (Å²) in [5, 5.41) is 0. The Morgan fingerprint density at radius 1 is 0.971 bits per heavy atom. The standard InChI is InChI=1S/C14H18N3O4S.3C4H9.Sn/c1-9-5-20-6-10-7-21-11-12(14(3-4-14)22(2,18)19)15-8-16-13(11)17(9)10;3*1-3-4-2;/h9-10H,3-7H2,1-2H3;3*1,3-4H2,2H3;/t9-,10+;;;;/m1..../s1. The van der Waals surface area contributed by atoms with Crippen molar-refractivity contribution in [3.05, 3.63) is 5.69 Å². The number of sulfone groups is 1. The number of unbranched alkanes of at least 4 members (excludes halogenated alkanes) is 3. The summed E-state index contributed by atoms with van der Waals surface area (Å²) >= 11 is -3.02. The molecule has 9 heteroatoms. The van der Waals surface area contributed by atoms with E-state index in [0.29, 0.717) is 44.1 Å². The summed E-state index contributed by atoms with van der Waals surface area (Å²) in [5.74, 6) is 1.47. The van der Waals surface area contributed by atoms with Gasteiger partial charge in [-0.15, -0.1) is 0 Å². The van der Waals surface area contributed by atoms with Crippen LogP contribution < -0.4 is 13.5 Å². The second-order valence-corrected chi connectivity index (χ2v) is 26.4. The van der Waals surface area contributed by atoms with Crippen LogP contribution in [-0.2, 0) is 19.3 Å². The Morgan fingerprint density at radius 3 is 2.09 bits per heavy atom. The molecule has 0 aromatic carbocycles. The van der Waals surface area contributed by atoms with Crippen molar-refractivity contribution in [2.75, 3.05) is 31.0 Å². The topological polar surface area (TPSA) is 81.6 Å². The Morgan fingerprint density at radius 2 is 1.57 bits per heavy atom.